The van der Waals surface area contributed by atoms with Crippen LogP contribution >= 0.6 is 0 Å². The molecule has 0 saturated heterocycles. The molecule has 0 fully saturated rings. The smallest absolute Gasteiger partial charge is 0.255 e. The molecule has 1 aliphatic heterocycles. The Balaban J connectivity index is 2.28. The first kappa shape index (κ1) is 10.4. The number of aliphatic hydroxyl groups is 1. The van der Waals surface area contributed by atoms with Gasteiger partial charge in [-0.2, -0.15) is 0 Å². The van der Waals surface area contributed by atoms with E-state index in [1.807, 2.05) is 6.07 Å². The number of nitrogens with zero attached hydrogens (tertiary/aromatic N) is 1. The summed E-state index contributed by atoms with van der Waals surface area (Å²) in [7, 11) is 0. The molecule has 1 unspecified atom stereocenters. The molecule has 2 rings (SSSR count). The fourth-order valence-electron chi connectivity index (χ4n) is 1.97. The minimum atomic E-state index is -2.34. The Morgan fingerprint density at radius 1 is 1.40 bits per heavy atom. The van der Waals surface area contributed by atoms with E-state index >= 15 is 0 Å². The molecule has 0 spiro atoms. The summed E-state index contributed by atoms with van der Waals surface area (Å²) in [4.78, 5) is 1.63. The maximum Gasteiger partial charge on any atom is 0.255 e. The van der Waals surface area contributed by atoms with Crippen LogP contribution in [-0.2, 0) is 0 Å². The number of anilines is 1. The molecule has 82 valence electrons. The van der Waals surface area contributed by atoms with Gasteiger partial charge in [0.05, 0.1) is 12.6 Å². The highest BCUT2D eigenvalue weighted by atomic mass is 19.3. The lowest BCUT2D eigenvalue weighted by molar-refractivity contribution is 0.141. The molecule has 0 aromatic heterocycles. The zero-order valence-corrected chi connectivity index (χ0v) is 8.24. The Morgan fingerprint density at radius 2 is 2.13 bits per heavy atom. The van der Waals surface area contributed by atoms with Gasteiger partial charge in [0, 0.05) is 17.8 Å². The number of benzene rings is 1. The van der Waals surface area contributed by atoms with Gasteiger partial charge in [-0.15, -0.1) is 0 Å². The van der Waals surface area contributed by atoms with Crippen molar-refractivity contribution in [2.45, 2.75) is 19.0 Å². The van der Waals surface area contributed by atoms with Crippen LogP contribution in [0.4, 0.5) is 14.5 Å². The normalized spacial score (nSPS) is 20.5. The molecule has 4 heteroatoms. The maximum atomic E-state index is 12.3. The van der Waals surface area contributed by atoms with Crippen LogP contribution < -0.4 is 4.90 Å². The van der Waals surface area contributed by atoms with Crippen LogP contribution in [0.2, 0.25) is 0 Å². The summed E-state index contributed by atoms with van der Waals surface area (Å²) in [6.07, 6.45) is -2.34. The molecule has 1 heterocycles. The summed E-state index contributed by atoms with van der Waals surface area (Å²) >= 11 is 0. The molecule has 0 amide bonds. The minimum absolute atomic E-state index is 0.260. The van der Waals surface area contributed by atoms with Crippen molar-refractivity contribution in [3.63, 3.8) is 0 Å². The Morgan fingerprint density at radius 3 is 2.87 bits per heavy atom. The summed E-state index contributed by atoms with van der Waals surface area (Å²) in [6, 6.07) is 7.18. The standard InChI is InChI=1S/C11H13F2NO/c12-11(13)7-14-6-5-10(15)8-3-1-2-4-9(8)14/h1-4,10-11,15H,5-7H2. The summed E-state index contributed by atoms with van der Waals surface area (Å²) < 4.78 is 24.6. The van der Waals surface area contributed by atoms with Gasteiger partial charge in [0.1, 0.15) is 0 Å². The molecule has 1 aromatic carbocycles. The van der Waals surface area contributed by atoms with Gasteiger partial charge in [-0.05, 0) is 12.5 Å². The number of para-hydroxylation sites is 1. The van der Waals surface area contributed by atoms with Crippen molar-refractivity contribution in [2.24, 2.45) is 0 Å². The van der Waals surface area contributed by atoms with Crippen molar-refractivity contribution >= 4 is 5.69 Å². The molecule has 1 aromatic rings. The number of aliphatic hydroxyl groups excluding tert-OH is 1. The number of hydrogen-bond donors (Lipinski definition) is 1. The van der Waals surface area contributed by atoms with Gasteiger partial charge in [-0.1, -0.05) is 18.2 Å². The molecule has 2 nitrogen and oxygen atoms in total. The molecule has 1 aliphatic rings. The zero-order chi connectivity index (χ0) is 10.8. The van der Waals surface area contributed by atoms with Gasteiger partial charge in [-0.25, -0.2) is 8.78 Å². The van der Waals surface area contributed by atoms with E-state index in [9.17, 15) is 13.9 Å². The summed E-state index contributed by atoms with van der Waals surface area (Å²) in [5.41, 5.74) is 1.49. The molecule has 0 aliphatic carbocycles. The Kier molecular flexibility index (Phi) is 2.86. The van der Waals surface area contributed by atoms with E-state index in [0.717, 1.165) is 11.3 Å². The van der Waals surface area contributed by atoms with Crippen molar-refractivity contribution in [1.82, 2.24) is 0 Å². The van der Waals surface area contributed by atoms with Crippen molar-refractivity contribution in [1.29, 1.82) is 0 Å². The van der Waals surface area contributed by atoms with Crippen LogP contribution in [0.15, 0.2) is 24.3 Å². The van der Waals surface area contributed by atoms with Crippen molar-refractivity contribution in [3.8, 4) is 0 Å². The second-order valence-corrected chi connectivity index (χ2v) is 3.70. The SMILES string of the molecule is OC1CCN(CC(F)F)c2ccccc21. The van der Waals surface area contributed by atoms with Crippen molar-refractivity contribution in [2.75, 3.05) is 18.0 Å². The first-order valence-corrected chi connectivity index (χ1v) is 4.98. The van der Waals surface area contributed by atoms with Crippen molar-refractivity contribution in [3.05, 3.63) is 29.8 Å². The lowest BCUT2D eigenvalue weighted by atomic mass is 9.99. The molecular formula is C11H13F2NO. The van der Waals surface area contributed by atoms with E-state index in [2.05, 4.69) is 0 Å². The van der Waals surface area contributed by atoms with Gasteiger partial charge in [0.2, 0.25) is 0 Å². The van der Waals surface area contributed by atoms with Gasteiger partial charge >= 0.3 is 0 Å². The number of fused-ring (bicyclic) bond motifs is 1. The third kappa shape index (κ3) is 2.09. The third-order valence-corrected chi connectivity index (χ3v) is 2.67. The number of alkyl halides is 2. The highest BCUT2D eigenvalue weighted by Crippen LogP contribution is 2.33. The second kappa shape index (κ2) is 4.14. The number of halogens is 2. The van der Waals surface area contributed by atoms with Crippen LogP contribution in [0.1, 0.15) is 18.1 Å². The fraction of sp³-hybridized carbons (Fsp3) is 0.455. The highest BCUT2D eigenvalue weighted by molar-refractivity contribution is 5.56. The van der Waals surface area contributed by atoms with E-state index in [0.29, 0.717) is 13.0 Å². The lowest BCUT2D eigenvalue weighted by Gasteiger charge is -2.33. The molecule has 15 heavy (non-hydrogen) atoms. The Bertz CT molecular complexity index is 343. The van der Waals surface area contributed by atoms with E-state index in [4.69, 9.17) is 0 Å². The number of hydrogen-bond acceptors (Lipinski definition) is 2. The summed E-state index contributed by atoms with van der Waals surface area (Å²) in [5.74, 6) is 0. The van der Waals surface area contributed by atoms with E-state index in [-0.39, 0.29) is 6.54 Å². The van der Waals surface area contributed by atoms with E-state index in [1.165, 1.54) is 0 Å². The van der Waals surface area contributed by atoms with Crippen LogP contribution in [0.25, 0.3) is 0 Å². The van der Waals surface area contributed by atoms with Crippen LogP contribution in [-0.4, -0.2) is 24.6 Å². The Labute approximate surface area is 87.1 Å². The van der Waals surface area contributed by atoms with Gasteiger partial charge in [-0.3, -0.25) is 0 Å². The monoisotopic (exact) mass is 213 g/mol. The lowest BCUT2D eigenvalue weighted by Crippen LogP contribution is -2.34. The largest absolute Gasteiger partial charge is 0.388 e. The average molecular weight is 213 g/mol. The summed E-state index contributed by atoms with van der Waals surface area (Å²) in [6.45, 7) is 0.228. The van der Waals surface area contributed by atoms with Gasteiger partial charge in [0.25, 0.3) is 6.43 Å². The predicted octanol–water partition coefficient (Wildman–Crippen LogP) is 2.20. The van der Waals surface area contributed by atoms with E-state index < -0.39 is 12.5 Å². The fourth-order valence-corrected chi connectivity index (χ4v) is 1.97. The molecular weight excluding hydrogens is 200 g/mol. The zero-order valence-electron chi connectivity index (χ0n) is 8.24. The Hall–Kier alpha value is -1.16. The topological polar surface area (TPSA) is 23.5 Å². The predicted molar refractivity (Wildman–Crippen MR) is 54.2 cm³/mol. The molecule has 0 saturated carbocycles. The quantitative estimate of drug-likeness (QED) is 0.814. The maximum absolute atomic E-state index is 12.3. The van der Waals surface area contributed by atoms with Gasteiger partial charge in [0.15, 0.2) is 0 Å². The molecule has 1 N–H and O–H groups in total. The second-order valence-electron chi connectivity index (χ2n) is 3.70. The first-order chi connectivity index (χ1) is 7.18. The first-order valence-electron chi connectivity index (χ1n) is 4.98. The third-order valence-electron chi connectivity index (χ3n) is 2.67. The molecule has 1 atom stereocenters. The summed E-state index contributed by atoms with van der Waals surface area (Å²) in [5, 5.41) is 9.70. The van der Waals surface area contributed by atoms with Crippen LogP contribution in [0.5, 0.6) is 0 Å². The molecule has 0 radical (unpaired) electrons. The highest BCUT2D eigenvalue weighted by Gasteiger charge is 2.24. The van der Waals surface area contributed by atoms with Crippen LogP contribution in [0, 0.1) is 0 Å². The minimum Gasteiger partial charge on any atom is -0.388 e. The van der Waals surface area contributed by atoms with Crippen LogP contribution in [0.3, 0.4) is 0 Å². The van der Waals surface area contributed by atoms with E-state index in [1.54, 1.807) is 23.1 Å². The molecule has 0 bridgehead atoms. The number of rotatable bonds is 2. The van der Waals surface area contributed by atoms with Gasteiger partial charge < -0.3 is 10.0 Å². The average Bonchev–Trinajstić information content (AvgIpc) is 2.22. The van der Waals surface area contributed by atoms with Crippen molar-refractivity contribution < 1.29 is 13.9 Å².